The quantitative estimate of drug-likeness (QED) is 0.737. The van der Waals surface area contributed by atoms with Gasteiger partial charge in [-0.15, -0.1) is 11.8 Å². The molecular weight excluding hydrogens is 362 g/mol. The number of benzene rings is 1. The second kappa shape index (κ2) is 6.63. The van der Waals surface area contributed by atoms with Crippen LogP contribution in [0.25, 0.3) is 0 Å². The average molecular weight is 376 g/mol. The third-order valence-electron chi connectivity index (χ3n) is 3.88. The zero-order chi connectivity index (χ0) is 16.5. The Kier molecular flexibility index (Phi) is 4.35. The van der Waals surface area contributed by atoms with Crippen LogP contribution in [-0.4, -0.2) is 21.4 Å². The Morgan fingerprint density at radius 2 is 2.12 bits per heavy atom. The Balaban J connectivity index is 1.71. The molecule has 1 aliphatic heterocycles. The zero-order valence-corrected chi connectivity index (χ0v) is 15.0. The first-order valence-corrected chi connectivity index (χ1v) is 9.81. The smallest absolute Gasteiger partial charge is 0.235 e. The van der Waals surface area contributed by atoms with E-state index < -0.39 is 0 Å². The van der Waals surface area contributed by atoms with Crippen molar-refractivity contribution in [3.63, 3.8) is 0 Å². The van der Waals surface area contributed by atoms with Gasteiger partial charge >= 0.3 is 0 Å². The largest absolute Gasteiger partial charge is 0.310 e. The second-order valence-corrected chi connectivity index (χ2v) is 7.84. The molecule has 0 saturated carbocycles. The van der Waals surface area contributed by atoms with E-state index in [1.165, 1.54) is 5.56 Å². The summed E-state index contributed by atoms with van der Waals surface area (Å²) in [6.45, 7) is 0.591. The molecule has 1 atom stereocenters. The maximum absolute atomic E-state index is 12.1. The number of thiophene rings is 1. The highest BCUT2D eigenvalue weighted by Gasteiger charge is 2.27. The number of thioether (sulfide) groups is 1. The summed E-state index contributed by atoms with van der Waals surface area (Å²) in [5.41, 5.74) is 3.36. The Morgan fingerprint density at radius 3 is 2.88 bits per heavy atom. The van der Waals surface area contributed by atoms with Crippen molar-refractivity contribution in [1.29, 1.82) is 0 Å². The lowest BCUT2D eigenvalue weighted by Gasteiger charge is -2.12. The number of anilines is 1. The molecule has 1 unspecified atom stereocenters. The SMILES string of the molecule is O=C1CSC(c2ccsc2)c2cnn(Cc3ccc(Cl)cc3)c2N1. The summed E-state index contributed by atoms with van der Waals surface area (Å²) >= 11 is 9.25. The van der Waals surface area contributed by atoms with E-state index in [4.69, 9.17) is 11.6 Å². The summed E-state index contributed by atoms with van der Waals surface area (Å²) in [5.74, 6) is 1.24. The molecule has 122 valence electrons. The van der Waals surface area contributed by atoms with Crippen LogP contribution in [0.2, 0.25) is 5.02 Å². The van der Waals surface area contributed by atoms with Crippen LogP contribution in [0.4, 0.5) is 5.82 Å². The minimum Gasteiger partial charge on any atom is -0.310 e. The number of nitrogens with one attached hydrogen (secondary N) is 1. The molecule has 0 spiro atoms. The van der Waals surface area contributed by atoms with Gasteiger partial charge in [-0.05, 0) is 40.1 Å². The van der Waals surface area contributed by atoms with Gasteiger partial charge in [0.05, 0.1) is 23.7 Å². The average Bonchev–Trinajstić information content (AvgIpc) is 3.19. The fourth-order valence-corrected chi connectivity index (χ4v) is 4.71. The van der Waals surface area contributed by atoms with Crippen molar-refractivity contribution < 1.29 is 4.79 Å². The molecule has 24 heavy (non-hydrogen) atoms. The topological polar surface area (TPSA) is 46.9 Å². The van der Waals surface area contributed by atoms with Gasteiger partial charge in [0.25, 0.3) is 0 Å². The molecule has 0 aliphatic carbocycles. The predicted molar refractivity (Wildman–Crippen MR) is 100 cm³/mol. The number of amides is 1. The Bertz CT molecular complexity index is 859. The summed E-state index contributed by atoms with van der Waals surface area (Å²) in [7, 11) is 0. The highest BCUT2D eigenvalue weighted by molar-refractivity contribution is 8.00. The number of carbonyl (C=O) groups is 1. The molecule has 3 aromatic rings. The van der Waals surface area contributed by atoms with Crippen molar-refractivity contribution in [2.24, 2.45) is 0 Å². The van der Waals surface area contributed by atoms with Crippen molar-refractivity contribution in [3.05, 3.63) is 69.0 Å². The van der Waals surface area contributed by atoms with Crippen LogP contribution in [0.15, 0.2) is 47.3 Å². The first-order valence-electron chi connectivity index (χ1n) is 7.44. The van der Waals surface area contributed by atoms with Crippen molar-refractivity contribution in [2.45, 2.75) is 11.8 Å². The fourth-order valence-electron chi connectivity index (χ4n) is 2.73. The molecule has 1 aromatic carbocycles. The minimum atomic E-state index is 0.0110. The molecule has 0 fully saturated rings. The van der Waals surface area contributed by atoms with E-state index in [0.717, 1.165) is 16.9 Å². The van der Waals surface area contributed by atoms with E-state index in [9.17, 15) is 4.79 Å². The van der Waals surface area contributed by atoms with Crippen LogP contribution < -0.4 is 5.32 Å². The lowest BCUT2D eigenvalue weighted by atomic mass is 10.1. The van der Waals surface area contributed by atoms with E-state index in [1.807, 2.05) is 35.1 Å². The van der Waals surface area contributed by atoms with Crippen molar-refractivity contribution in [3.8, 4) is 0 Å². The van der Waals surface area contributed by atoms with Crippen molar-refractivity contribution in [1.82, 2.24) is 9.78 Å². The van der Waals surface area contributed by atoms with E-state index in [-0.39, 0.29) is 11.2 Å². The standard InChI is InChI=1S/C17H14ClN3OS2/c18-13-3-1-11(2-4-13)8-21-17-14(7-19-21)16(12-5-6-23-9-12)24-10-15(22)20-17/h1-7,9,16H,8,10H2,(H,20,22). The van der Waals surface area contributed by atoms with Crippen molar-refractivity contribution >= 4 is 46.4 Å². The monoisotopic (exact) mass is 375 g/mol. The third kappa shape index (κ3) is 3.09. The molecule has 1 N–H and O–H groups in total. The molecule has 1 aliphatic rings. The van der Waals surface area contributed by atoms with Crippen LogP contribution in [-0.2, 0) is 11.3 Å². The highest BCUT2D eigenvalue weighted by atomic mass is 35.5. The van der Waals surface area contributed by atoms with Crippen LogP contribution in [0, 0.1) is 0 Å². The van der Waals surface area contributed by atoms with Crippen LogP contribution in [0.1, 0.15) is 21.9 Å². The van der Waals surface area contributed by atoms with Crippen LogP contribution in [0.5, 0.6) is 0 Å². The molecular formula is C17H14ClN3OS2. The fraction of sp³-hybridized carbons (Fsp3) is 0.176. The molecule has 4 rings (SSSR count). The van der Waals surface area contributed by atoms with Gasteiger partial charge < -0.3 is 5.32 Å². The number of halogens is 1. The number of hydrogen-bond acceptors (Lipinski definition) is 4. The molecule has 2 aromatic heterocycles. The van der Waals surface area contributed by atoms with E-state index in [2.05, 4.69) is 27.2 Å². The lowest BCUT2D eigenvalue weighted by Crippen LogP contribution is -2.16. The van der Waals surface area contributed by atoms with Crippen molar-refractivity contribution in [2.75, 3.05) is 11.1 Å². The van der Waals surface area contributed by atoms with Crippen LogP contribution in [0.3, 0.4) is 0 Å². The Hall–Kier alpha value is -1.76. The predicted octanol–water partition coefficient (Wildman–Crippen LogP) is 4.42. The first kappa shape index (κ1) is 15.7. The minimum absolute atomic E-state index is 0.0110. The maximum Gasteiger partial charge on any atom is 0.235 e. The number of hydrogen-bond donors (Lipinski definition) is 1. The molecule has 0 saturated heterocycles. The molecule has 0 radical (unpaired) electrons. The van der Waals surface area contributed by atoms with E-state index >= 15 is 0 Å². The summed E-state index contributed by atoms with van der Waals surface area (Å²) in [5, 5.41) is 12.6. The molecule has 3 heterocycles. The maximum atomic E-state index is 12.1. The number of nitrogens with zero attached hydrogens (tertiary/aromatic N) is 2. The normalized spacial score (nSPS) is 17.2. The van der Waals surface area contributed by atoms with E-state index in [1.54, 1.807) is 23.1 Å². The van der Waals surface area contributed by atoms with Gasteiger partial charge in [0, 0.05) is 10.6 Å². The Morgan fingerprint density at radius 1 is 1.29 bits per heavy atom. The third-order valence-corrected chi connectivity index (χ3v) is 6.12. The highest BCUT2D eigenvalue weighted by Crippen LogP contribution is 2.42. The number of aromatic nitrogens is 2. The van der Waals surface area contributed by atoms with Gasteiger partial charge in [0.15, 0.2) is 0 Å². The lowest BCUT2D eigenvalue weighted by molar-refractivity contribution is -0.113. The summed E-state index contributed by atoms with van der Waals surface area (Å²) in [6, 6.07) is 9.78. The van der Waals surface area contributed by atoms with Gasteiger partial charge in [0.2, 0.25) is 5.91 Å². The first-order chi connectivity index (χ1) is 11.7. The van der Waals surface area contributed by atoms with Gasteiger partial charge in [0.1, 0.15) is 5.82 Å². The summed E-state index contributed by atoms with van der Waals surface area (Å²) < 4.78 is 1.85. The van der Waals surface area contributed by atoms with Gasteiger partial charge in [-0.3, -0.25) is 4.79 Å². The zero-order valence-electron chi connectivity index (χ0n) is 12.6. The molecule has 7 heteroatoms. The van der Waals surface area contributed by atoms with Gasteiger partial charge in [-0.2, -0.15) is 16.4 Å². The summed E-state index contributed by atoms with van der Waals surface area (Å²) in [6.07, 6.45) is 1.87. The second-order valence-electron chi connectivity index (χ2n) is 5.53. The summed E-state index contributed by atoms with van der Waals surface area (Å²) in [4.78, 5) is 12.1. The van der Waals surface area contributed by atoms with Gasteiger partial charge in [-0.1, -0.05) is 23.7 Å². The van der Waals surface area contributed by atoms with E-state index in [0.29, 0.717) is 17.3 Å². The molecule has 4 nitrogen and oxygen atoms in total. The number of carbonyl (C=O) groups excluding carboxylic acids is 1. The molecule has 0 bridgehead atoms. The molecule has 1 amide bonds. The van der Waals surface area contributed by atoms with Crippen LogP contribution >= 0.6 is 34.7 Å². The Labute approximate surface area is 152 Å². The van der Waals surface area contributed by atoms with Gasteiger partial charge in [-0.25, -0.2) is 4.68 Å². The number of rotatable bonds is 3. The number of fused-ring (bicyclic) bond motifs is 1.